The summed E-state index contributed by atoms with van der Waals surface area (Å²) in [6.45, 7) is 8.39. The first kappa shape index (κ1) is 19.2. The predicted octanol–water partition coefficient (Wildman–Crippen LogP) is 2.84. The van der Waals surface area contributed by atoms with Gasteiger partial charge in [0.25, 0.3) is 0 Å². The summed E-state index contributed by atoms with van der Waals surface area (Å²) in [6, 6.07) is 4.01. The summed E-state index contributed by atoms with van der Waals surface area (Å²) in [7, 11) is 0. The van der Waals surface area contributed by atoms with Gasteiger partial charge in [-0.2, -0.15) is 0 Å². The number of nitrogens with zero attached hydrogens (tertiary/aromatic N) is 4. The summed E-state index contributed by atoms with van der Waals surface area (Å²) in [6.07, 6.45) is 6.07. The number of likely N-dealkylation sites (tertiary alicyclic amines) is 1. The second kappa shape index (κ2) is 8.47. The molecular weight excluding hydrogens is 354 g/mol. The van der Waals surface area contributed by atoms with E-state index in [1.165, 1.54) is 0 Å². The molecule has 2 fully saturated rings. The summed E-state index contributed by atoms with van der Waals surface area (Å²) in [5.41, 5.74) is 1.93. The van der Waals surface area contributed by atoms with E-state index in [1.54, 1.807) is 0 Å². The van der Waals surface area contributed by atoms with E-state index in [0.717, 1.165) is 68.9 Å². The third kappa shape index (κ3) is 4.29. The minimum atomic E-state index is 0.0374. The fourth-order valence-electron chi connectivity index (χ4n) is 4.28. The molecule has 0 unspecified atom stereocenters. The molecule has 2 aliphatic rings. The van der Waals surface area contributed by atoms with E-state index >= 15 is 0 Å². The fourth-order valence-corrected chi connectivity index (χ4v) is 4.28. The standard InChI is InChI=1S/C21H31N5O2/c1-15(2)13-26-19(24-18-6-3-8-22-20(18)26)11-16-7-9-25(14-16)21(27)23-12-17-5-4-10-28-17/h3,6,8,15-17H,4-5,7,9-14H2,1-2H3,(H,23,27)/t16-,17+/m0/s1. The number of carbonyl (C=O) groups excluding carboxylic acids is 1. The number of aromatic nitrogens is 3. The van der Waals surface area contributed by atoms with Gasteiger partial charge in [-0.05, 0) is 43.2 Å². The van der Waals surface area contributed by atoms with Gasteiger partial charge < -0.3 is 19.5 Å². The number of carbonyl (C=O) groups is 1. The first-order valence-electron chi connectivity index (χ1n) is 10.5. The highest BCUT2D eigenvalue weighted by Gasteiger charge is 2.28. The van der Waals surface area contributed by atoms with E-state index in [0.29, 0.717) is 18.4 Å². The van der Waals surface area contributed by atoms with Gasteiger partial charge in [-0.25, -0.2) is 14.8 Å². The first-order chi connectivity index (χ1) is 13.6. The number of rotatable bonds is 6. The Bertz CT molecular complexity index is 812. The monoisotopic (exact) mass is 385 g/mol. The molecule has 0 radical (unpaired) electrons. The van der Waals surface area contributed by atoms with Crippen LogP contribution in [0.3, 0.4) is 0 Å². The molecule has 7 heteroatoms. The third-order valence-electron chi connectivity index (χ3n) is 5.68. The van der Waals surface area contributed by atoms with Gasteiger partial charge in [0.1, 0.15) is 11.3 Å². The number of nitrogens with one attached hydrogen (secondary N) is 1. The number of ether oxygens (including phenoxy) is 1. The predicted molar refractivity (Wildman–Crippen MR) is 108 cm³/mol. The third-order valence-corrected chi connectivity index (χ3v) is 5.68. The van der Waals surface area contributed by atoms with Crippen LogP contribution in [-0.4, -0.2) is 57.8 Å². The molecule has 0 spiro atoms. The molecule has 0 aliphatic carbocycles. The average Bonchev–Trinajstić information content (AvgIpc) is 3.41. The number of urea groups is 1. The molecule has 2 saturated heterocycles. The molecule has 2 aromatic rings. The first-order valence-corrected chi connectivity index (χ1v) is 10.5. The number of amides is 2. The van der Waals surface area contributed by atoms with Crippen molar-refractivity contribution < 1.29 is 9.53 Å². The van der Waals surface area contributed by atoms with Crippen LogP contribution in [0, 0.1) is 11.8 Å². The van der Waals surface area contributed by atoms with Gasteiger partial charge in [0, 0.05) is 45.4 Å². The Morgan fingerprint density at radius 1 is 1.39 bits per heavy atom. The molecule has 4 heterocycles. The summed E-state index contributed by atoms with van der Waals surface area (Å²) >= 11 is 0. The maximum atomic E-state index is 12.5. The Labute approximate surface area is 166 Å². The number of imidazole rings is 1. The van der Waals surface area contributed by atoms with Crippen molar-refractivity contribution in [2.45, 2.75) is 52.2 Å². The maximum Gasteiger partial charge on any atom is 0.317 e. The molecule has 152 valence electrons. The SMILES string of the molecule is CC(C)Cn1c(C[C@@H]2CCN(C(=O)NC[C@H]3CCCO3)C2)nc2cccnc21. The molecule has 0 bridgehead atoms. The lowest BCUT2D eigenvalue weighted by Gasteiger charge is -2.19. The van der Waals surface area contributed by atoms with E-state index < -0.39 is 0 Å². The lowest BCUT2D eigenvalue weighted by atomic mass is 10.0. The zero-order valence-electron chi connectivity index (χ0n) is 16.9. The molecule has 28 heavy (non-hydrogen) atoms. The quantitative estimate of drug-likeness (QED) is 0.830. The second-order valence-electron chi connectivity index (χ2n) is 8.50. The van der Waals surface area contributed by atoms with Crippen molar-refractivity contribution in [3.05, 3.63) is 24.2 Å². The van der Waals surface area contributed by atoms with Crippen molar-refractivity contribution in [2.24, 2.45) is 11.8 Å². The summed E-state index contributed by atoms with van der Waals surface area (Å²) in [5.74, 6) is 2.06. The van der Waals surface area contributed by atoms with Gasteiger partial charge in [0.15, 0.2) is 5.65 Å². The van der Waals surface area contributed by atoms with E-state index in [9.17, 15) is 4.79 Å². The van der Waals surface area contributed by atoms with Crippen LogP contribution in [0.2, 0.25) is 0 Å². The lowest BCUT2D eigenvalue weighted by molar-refractivity contribution is 0.109. The van der Waals surface area contributed by atoms with Gasteiger partial charge in [-0.1, -0.05) is 13.8 Å². The van der Waals surface area contributed by atoms with Gasteiger partial charge in [-0.3, -0.25) is 0 Å². The van der Waals surface area contributed by atoms with Crippen molar-refractivity contribution in [3.63, 3.8) is 0 Å². The highest BCUT2D eigenvalue weighted by molar-refractivity contribution is 5.74. The molecule has 2 atom stereocenters. The molecule has 2 aliphatic heterocycles. The topological polar surface area (TPSA) is 72.3 Å². The van der Waals surface area contributed by atoms with Gasteiger partial charge >= 0.3 is 6.03 Å². The Kier molecular flexibility index (Phi) is 5.80. The van der Waals surface area contributed by atoms with Gasteiger partial charge in [0.2, 0.25) is 0 Å². The normalized spacial score (nSPS) is 22.5. The highest BCUT2D eigenvalue weighted by atomic mass is 16.5. The molecule has 2 amide bonds. The van der Waals surface area contributed by atoms with Gasteiger partial charge in [-0.15, -0.1) is 0 Å². The number of hydrogen-bond donors (Lipinski definition) is 1. The minimum Gasteiger partial charge on any atom is -0.376 e. The number of hydrogen-bond acceptors (Lipinski definition) is 4. The van der Waals surface area contributed by atoms with E-state index in [-0.39, 0.29) is 12.1 Å². The van der Waals surface area contributed by atoms with Crippen LogP contribution >= 0.6 is 0 Å². The lowest BCUT2D eigenvalue weighted by Crippen LogP contribution is -2.41. The molecule has 2 aromatic heterocycles. The van der Waals surface area contributed by atoms with Gasteiger partial charge in [0.05, 0.1) is 6.10 Å². The second-order valence-corrected chi connectivity index (χ2v) is 8.50. The van der Waals surface area contributed by atoms with E-state index in [4.69, 9.17) is 9.72 Å². The summed E-state index contributed by atoms with van der Waals surface area (Å²) in [5, 5.41) is 3.04. The maximum absolute atomic E-state index is 12.5. The van der Waals surface area contributed by atoms with Crippen LogP contribution in [0.4, 0.5) is 4.79 Å². The van der Waals surface area contributed by atoms with Crippen LogP contribution < -0.4 is 5.32 Å². The smallest absolute Gasteiger partial charge is 0.317 e. The van der Waals surface area contributed by atoms with E-state index in [1.807, 2.05) is 23.2 Å². The summed E-state index contributed by atoms with van der Waals surface area (Å²) < 4.78 is 7.85. The number of fused-ring (bicyclic) bond motifs is 1. The highest BCUT2D eigenvalue weighted by Crippen LogP contribution is 2.24. The van der Waals surface area contributed by atoms with Crippen molar-refractivity contribution in [2.75, 3.05) is 26.2 Å². The zero-order valence-corrected chi connectivity index (χ0v) is 16.9. The minimum absolute atomic E-state index is 0.0374. The molecule has 4 rings (SSSR count). The van der Waals surface area contributed by atoms with Crippen molar-refractivity contribution >= 4 is 17.2 Å². The largest absolute Gasteiger partial charge is 0.376 e. The van der Waals surface area contributed by atoms with Crippen molar-refractivity contribution in [3.8, 4) is 0 Å². The number of pyridine rings is 1. The van der Waals surface area contributed by atoms with Crippen LogP contribution in [0.25, 0.3) is 11.2 Å². The van der Waals surface area contributed by atoms with Crippen LogP contribution in [0.5, 0.6) is 0 Å². The zero-order chi connectivity index (χ0) is 19.5. The molecule has 7 nitrogen and oxygen atoms in total. The molecular formula is C21H31N5O2. The van der Waals surface area contributed by atoms with Crippen molar-refractivity contribution in [1.82, 2.24) is 24.8 Å². The van der Waals surface area contributed by atoms with Crippen LogP contribution in [0.15, 0.2) is 18.3 Å². The Morgan fingerprint density at radius 2 is 2.29 bits per heavy atom. The van der Waals surface area contributed by atoms with Crippen molar-refractivity contribution in [1.29, 1.82) is 0 Å². The molecule has 1 N–H and O–H groups in total. The molecule has 0 saturated carbocycles. The Balaban J connectivity index is 1.37. The van der Waals surface area contributed by atoms with E-state index in [2.05, 4.69) is 28.7 Å². The fraction of sp³-hybridized carbons (Fsp3) is 0.667. The Morgan fingerprint density at radius 3 is 3.07 bits per heavy atom. The Hall–Kier alpha value is -2.15. The van der Waals surface area contributed by atoms with Crippen LogP contribution in [-0.2, 0) is 17.7 Å². The van der Waals surface area contributed by atoms with Crippen LogP contribution in [0.1, 0.15) is 38.9 Å². The summed E-state index contributed by atoms with van der Waals surface area (Å²) in [4.78, 5) is 23.8. The average molecular weight is 386 g/mol. The molecule has 0 aromatic carbocycles.